The summed E-state index contributed by atoms with van der Waals surface area (Å²) in [6, 6.07) is 18.6. The minimum atomic E-state index is -0.154. The molecule has 0 aliphatic rings. The number of carbonyl (C=O) groups is 2. The van der Waals surface area contributed by atoms with Crippen LogP contribution in [0.15, 0.2) is 73.1 Å². The number of aromatic nitrogens is 1. The Morgan fingerprint density at radius 2 is 1.50 bits per heavy atom. The first-order valence-electron chi connectivity index (χ1n) is 9.66. The molecule has 0 saturated heterocycles. The van der Waals surface area contributed by atoms with Crippen molar-refractivity contribution in [2.24, 2.45) is 0 Å². The number of rotatable bonds is 6. The van der Waals surface area contributed by atoms with Crippen LogP contribution in [0.1, 0.15) is 40.1 Å². The van der Waals surface area contributed by atoms with E-state index in [4.69, 9.17) is 5.11 Å². The number of amides is 2. The summed E-state index contributed by atoms with van der Waals surface area (Å²) in [5.41, 5.74) is 4.13. The Bertz CT molecular complexity index is 955. The fourth-order valence-electron chi connectivity index (χ4n) is 2.81. The second-order valence-electron chi connectivity index (χ2n) is 6.82. The number of carbonyl (C=O) groups excluding carboxylic acids is 2. The van der Waals surface area contributed by atoms with Crippen LogP contribution in [-0.4, -0.2) is 35.1 Å². The van der Waals surface area contributed by atoms with Gasteiger partial charge in [0.2, 0.25) is 0 Å². The van der Waals surface area contributed by atoms with Gasteiger partial charge in [-0.1, -0.05) is 24.3 Å². The standard InChI is InChI=1S/C23H23N3O2.CH4O/c1-16(2)26-23(28)21-5-3-4-17(14-21)15-25-22(27)20-8-6-18(7-9-20)19-10-12-24-13-11-19;1-2/h3-14,16H,15H2,1-2H3,(H,25,27)(H,26,28);2H,1H3. The zero-order valence-electron chi connectivity index (χ0n) is 17.4. The molecule has 6 heteroatoms. The summed E-state index contributed by atoms with van der Waals surface area (Å²) in [5.74, 6) is -0.270. The third-order valence-electron chi connectivity index (χ3n) is 4.22. The smallest absolute Gasteiger partial charge is 0.251 e. The lowest BCUT2D eigenvalue weighted by Crippen LogP contribution is -2.30. The van der Waals surface area contributed by atoms with Gasteiger partial charge in [0.15, 0.2) is 0 Å². The van der Waals surface area contributed by atoms with Crippen LogP contribution in [0.2, 0.25) is 0 Å². The molecule has 0 aliphatic carbocycles. The Hall–Kier alpha value is -3.51. The van der Waals surface area contributed by atoms with Crippen molar-refractivity contribution in [2.75, 3.05) is 7.11 Å². The summed E-state index contributed by atoms with van der Waals surface area (Å²) < 4.78 is 0. The molecule has 0 fully saturated rings. The minimum Gasteiger partial charge on any atom is -0.400 e. The average molecular weight is 405 g/mol. The molecule has 0 unspecified atom stereocenters. The van der Waals surface area contributed by atoms with E-state index in [2.05, 4.69) is 15.6 Å². The van der Waals surface area contributed by atoms with E-state index < -0.39 is 0 Å². The number of aliphatic hydroxyl groups excluding tert-OH is 1. The van der Waals surface area contributed by atoms with Gasteiger partial charge in [-0.2, -0.15) is 0 Å². The van der Waals surface area contributed by atoms with Crippen LogP contribution in [-0.2, 0) is 6.54 Å². The van der Waals surface area contributed by atoms with Gasteiger partial charge in [0.1, 0.15) is 0 Å². The van der Waals surface area contributed by atoms with Crippen LogP contribution < -0.4 is 10.6 Å². The fourth-order valence-corrected chi connectivity index (χ4v) is 2.81. The molecule has 30 heavy (non-hydrogen) atoms. The zero-order valence-corrected chi connectivity index (χ0v) is 17.4. The molecule has 2 amide bonds. The van der Waals surface area contributed by atoms with E-state index in [0.29, 0.717) is 17.7 Å². The Labute approximate surface area is 177 Å². The van der Waals surface area contributed by atoms with Crippen molar-refractivity contribution in [2.45, 2.75) is 26.4 Å². The lowest BCUT2D eigenvalue weighted by atomic mass is 10.0. The number of nitrogens with zero attached hydrogens (tertiary/aromatic N) is 1. The summed E-state index contributed by atoms with van der Waals surface area (Å²) >= 11 is 0. The number of aliphatic hydroxyl groups is 1. The van der Waals surface area contributed by atoms with E-state index in [1.807, 2.05) is 50.2 Å². The SMILES string of the molecule is CC(C)NC(=O)c1cccc(CNC(=O)c2ccc(-c3ccncc3)cc2)c1.CO. The monoisotopic (exact) mass is 405 g/mol. The highest BCUT2D eigenvalue weighted by Crippen LogP contribution is 2.18. The van der Waals surface area contributed by atoms with E-state index in [9.17, 15) is 9.59 Å². The van der Waals surface area contributed by atoms with Gasteiger partial charge in [-0.25, -0.2) is 0 Å². The molecule has 0 bridgehead atoms. The fraction of sp³-hybridized carbons (Fsp3) is 0.208. The summed E-state index contributed by atoms with van der Waals surface area (Å²) in [4.78, 5) is 28.6. The van der Waals surface area contributed by atoms with Crippen molar-refractivity contribution < 1.29 is 14.7 Å². The van der Waals surface area contributed by atoms with Gasteiger partial charge in [0.05, 0.1) is 0 Å². The molecule has 6 nitrogen and oxygen atoms in total. The third kappa shape index (κ3) is 6.53. The quantitative estimate of drug-likeness (QED) is 0.586. The van der Waals surface area contributed by atoms with E-state index in [0.717, 1.165) is 23.8 Å². The maximum absolute atomic E-state index is 12.4. The van der Waals surface area contributed by atoms with Crippen LogP contribution in [0.25, 0.3) is 11.1 Å². The van der Waals surface area contributed by atoms with Gasteiger partial charge in [0, 0.05) is 43.2 Å². The molecule has 3 N–H and O–H groups in total. The maximum atomic E-state index is 12.4. The Morgan fingerprint density at radius 3 is 2.13 bits per heavy atom. The van der Waals surface area contributed by atoms with Gasteiger partial charge in [-0.05, 0) is 66.9 Å². The zero-order chi connectivity index (χ0) is 21.9. The average Bonchev–Trinajstić information content (AvgIpc) is 2.79. The first kappa shape index (κ1) is 22.8. The summed E-state index contributed by atoms with van der Waals surface area (Å²) in [6.45, 7) is 4.19. The molecule has 1 aromatic heterocycles. The van der Waals surface area contributed by atoms with Crippen LogP contribution in [0.3, 0.4) is 0 Å². The Balaban J connectivity index is 0.00000155. The van der Waals surface area contributed by atoms with Gasteiger partial charge >= 0.3 is 0 Å². The molecule has 1 heterocycles. The lowest BCUT2D eigenvalue weighted by molar-refractivity contribution is 0.0939. The molecule has 156 valence electrons. The second kappa shape index (κ2) is 11.5. The molecule has 0 saturated carbocycles. The van der Waals surface area contributed by atoms with E-state index in [1.165, 1.54) is 0 Å². The van der Waals surface area contributed by atoms with E-state index >= 15 is 0 Å². The number of hydrogen-bond acceptors (Lipinski definition) is 4. The predicted molar refractivity (Wildman–Crippen MR) is 118 cm³/mol. The molecule has 0 atom stereocenters. The first-order valence-corrected chi connectivity index (χ1v) is 9.66. The van der Waals surface area contributed by atoms with Gasteiger partial charge in [0.25, 0.3) is 11.8 Å². The number of pyridine rings is 1. The third-order valence-corrected chi connectivity index (χ3v) is 4.22. The second-order valence-corrected chi connectivity index (χ2v) is 6.82. The lowest BCUT2D eigenvalue weighted by Gasteiger charge is -2.10. The van der Waals surface area contributed by atoms with Crippen LogP contribution in [0, 0.1) is 0 Å². The highest BCUT2D eigenvalue weighted by molar-refractivity contribution is 5.95. The van der Waals surface area contributed by atoms with Gasteiger partial charge in [-0.3, -0.25) is 14.6 Å². The van der Waals surface area contributed by atoms with Gasteiger partial charge < -0.3 is 15.7 Å². The van der Waals surface area contributed by atoms with Crippen LogP contribution >= 0.6 is 0 Å². The molecule has 0 spiro atoms. The molecule has 3 aromatic rings. The van der Waals surface area contributed by atoms with Crippen molar-refractivity contribution in [3.8, 4) is 11.1 Å². The Morgan fingerprint density at radius 1 is 0.867 bits per heavy atom. The van der Waals surface area contributed by atoms with Crippen LogP contribution in [0.5, 0.6) is 0 Å². The van der Waals surface area contributed by atoms with Crippen LogP contribution in [0.4, 0.5) is 0 Å². The highest BCUT2D eigenvalue weighted by Gasteiger charge is 2.09. The molecule has 3 rings (SSSR count). The topological polar surface area (TPSA) is 91.3 Å². The summed E-state index contributed by atoms with van der Waals surface area (Å²) in [7, 11) is 1.00. The molecule has 2 aromatic carbocycles. The number of benzene rings is 2. The maximum Gasteiger partial charge on any atom is 0.251 e. The molecular formula is C24H27N3O3. The highest BCUT2D eigenvalue weighted by atomic mass is 16.2. The predicted octanol–water partition coefficient (Wildman–Crippen LogP) is 3.43. The van der Waals surface area contributed by atoms with Gasteiger partial charge in [-0.15, -0.1) is 0 Å². The normalized spacial score (nSPS) is 10.0. The minimum absolute atomic E-state index is 0.0750. The largest absolute Gasteiger partial charge is 0.400 e. The molecular weight excluding hydrogens is 378 g/mol. The summed E-state index contributed by atoms with van der Waals surface area (Å²) in [5, 5.41) is 12.8. The van der Waals surface area contributed by atoms with Crippen molar-refractivity contribution >= 4 is 11.8 Å². The summed E-state index contributed by atoms with van der Waals surface area (Å²) in [6.07, 6.45) is 3.48. The molecule has 0 radical (unpaired) electrons. The van der Waals surface area contributed by atoms with E-state index in [1.54, 1.807) is 36.7 Å². The Kier molecular flexibility index (Phi) is 8.72. The molecule has 0 aliphatic heterocycles. The van der Waals surface area contributed by atoms with Crippen molar-refractivity contribution in [1.82, 2.24) is 15.6 Å². The first-order chi connectivity index (χ1) is 14.5. The van der Waals surface area contributed by atoms with E-state index in [-0.39, 0.29) is 17.9 Å². The van der Waals surface area contributed by atoms with Crippen molar-refractivity contribution in [3.05, 3.63) is 89.7 Å². The van der Waals surface area contributed by atoms with Crippen molar-refractivity contribution in [1.29, 1.82) is 0 Å². The van der Waals surface area contributed by atoms with Crippen molar-refractivity contribution in [3.63, 3.8) is 0 Å². The number of nitrogens with one attached hydrogen (secondary N) is 2. The number of hydrogen-bond donors (Lipinski definition) is 3.